The Hall–Kier alpha value is -2.68. The molecule has 0 spiro atoms. The molecule has 3 aliphatic rings. The molecule has 170 valence electrons. The van der Waals surface area contributed by atoms with E-state index in [1.165, 1.54) is 6.21 Å². The highest BCUT2D eigenvalue weighted by Gasteiger charge is 2.59. The monoisotopic (exact) mass is 504 g/mol. The van der Waals surface area contributed by atoms with Crippen LogP contribution in [-0.2, 0) is 19.1 Å². The van der Waals surface area contributed by atoms with Crippen LogP contribution in [0.5, 0.6) is 11.5 Å². The molecule has 9 heteroatoms. The van der Waals surface area contributed by atoms with Crippen molar-refractivity contribution in [3.05, 3.63) is 34.3 Å². The van der Waals surface area contributed by atoms with Crippen LogP contribution in [0.2, 0.25) is 0 Å². The highest BCUT2D eigenvalue weighted by Crippen LogP contribution is 2.52. The number of hydrogen-bond donors (Lipinski definition) is 0. The van der Waals surface area contributed by atoms with Crippen LogP contribution in [0.1, 0.15) is 32.8 Å². The van der Waals surface area contributed by atoms with Crippen molar-refractivity contribution in [1.82, 2.24) is 5.01 Å². The summed E-state index contributed by atoms with van der Waals surface area (Å²) in [5.41, 5.74) is 0.607. The van der Waals surface area contributed by atoms with Crippen molar-refractivity contribution in [2.75, 3.05) is 13.2 Å². The smallest absolute Gasteiger partial charge is 0.347 e. The topological polar surface area (TPSA) is 94.5 Å². The summed E-state index contributed by atoms with van der Waals surface area (Å²) < 4.78 is 17.0. The van der Waals surface area contributed by atoms with E-state index in [0.717, 1.165) is 11.4 Å². The third-order valence-electron chi connectivity index (χ3n) is 6.01. The highest BCUT2D eigenvalue weighted by molar-refractivity contribution is 9.10. The zero-order valence-electron chi connectivity index (χ0n) is 18.1. The number of fused-ring (bicyclic) bond motifs is 5. The Kier molecular flexibility index (Phi) is 6.37. The molecule has 1 saturated carbocycles. The van der Waals surface area contributed by atoms with E-state index in [9.17, 15) is 14.4 Å². The molecule has 0 N–H and O–H groups in total. The Bertz CT molecular complexity index is 976. The van der Waals surface area contributed by atoms with E-state index in [-0.39, 0.29) is 42.1 Å². The first-order chi connectivity index (χ1) is 15.3. The second-order valence-electron chi connectivity index (χ2n) is 8.01. The zero-order chi connectivity index (χ0) is 23.0. The van der Waals surface area contributed by atoms with Gasteiger partial charge in [0.15, 0.2) is 17.6 Å². The van der Waals surface area contributed by atoms with Crippen LogP contribution >= 0.6 is 15.9 Å². The molecule has 2 aliphatic carbocycles. The maximum atomic E-state index is 12.8. The average Bonchev–Trinajstić information content (AvgIpc) is 3.43. The van der Waals surface area contributed by atoms with Gasteiger partial charge in [-0.05, 0) is 72.7 Å². The minimum atomic E-state index is -0.826. The Morgan fingerprint density at radius 3 is 2.44 bits per heavy atom. The largest absolute Gasteiger partial charge is 0.490 e. The van der Waals surface area contributed by atoms with Crippen molar-refractivity contribution in [2.45, 2.75) is 33.3 Å². The van der Waals surface area contributed by atoms with Crippen LogP contribution in [-0.4, -0.2) is 48.3 Å². The van der Waals surface area contributed by atoms with Gasteiger partial charge in [0.2, 0.25) is 0 Å². The number of rotatable bonds is 8. The highest BCUT2D eigenvalue weighted by atomic mass is 79.9. The molecule has 1 saturated heterocycles. The van der Waals surface area contributed by atoms with Gasteiger partial charge in [0.1, 0.15) is 0 Å². The van der Waals surface area contributed by atoms with Crippen molar-refractivity contribution in [3.63, 3.8) is 0 Å². The van der Waals surface area contributed by atoms with Gasteiger partial charge in [-0.3, -0.25) is 9.59 Å². The van der Waals surface area contributed by atoms with Crippen LogP contribution in [0.15, 0.2) is 33.9 Å². The lowest BCUT2D eigenvalue weighted by atomic mass is 9.85. The first-order valence-electron chi connectivity index (χ1n) is 10.7. The van der Waals surface area contributed by atoms with E-state index in [0.29, 0.717) is 28.1 Å². The average molecular weight is 505 g/mol. The molecule has 2 fully saturated rings. The third-order valence-corrected chi connectivity index (χ3v) is 6.60. The molecule has 2 amide bonds. The third kappa shape index (κ3) is 3.94. The van der Waals surface area contributed by atoms with E-state index in [1.54, 1.807) is 26.0 Å². The van der Waals surface area contributed by atoms with Gasteiger partial charge in [0.25, 0.3) is 11.8 Å². The molecule has 0 aromatic heterocycles. The quantitative estimate of drug-likeness (QED) is 0.233. The SMILES string of the molecule is CCOC(=O)[C@H](C)Oc1c(Br)cc(C=NN2C(=O)[C@@H]3[C@H](C2=O)[C@H]2C=C[C@H]3C2)cc1OCC. The Balaban J connectivity index is 1.54. The van der Waals surface area contributed by atoms with E-state index < -0.39 is 12.1 Å². The number of benzene rings is 1. The van der Waals surface area contributed by atoms with E-state index in [2.05, 4.69) is 21.0 Å². The molecular weight excluding hydrogens is 480 g/mol. The molecule has 2 bridgehead atoms. The normalized spacial score (nSPS) is 26.7. The summed E-state index contributed by atoms with van der Waals surface area (Å²) in [7, 11) is 0. The number of nitrogens with zero attached hydrogens (tertiary/aromatic N) is 2. The van der Waals surface area contributed by atoms with Crippen LogP contribution in [0.4, 0.5) is 0 Å². The molecule has 0 unspecified atom stereocenters. The van der Waals surface area contributed by atoms with Gasteiger partial charge >= 0.3 is 5.97 Å². The fraction of sp³-hybridized carbons (Fsp3) is 0.478. The molecule has 1 heterocycles. The van der Waals surface area contributed by atoms with Crippen LogP contribution in [0, 0.1) is 23.7 Å². The number of imide groups is 1. The number of hydrogen-bond acceptors (Lipinski definition) is 7. The summed E-state index contributed by atoms with van der Waals surface area (Å²) in [6.07, 6.45) is 5.60. The molecular formula is C23H25BrN2O6. The molecule has 1 aliphatic heterocycles. The number of ether oxygens (including phenoxy) is 3. The number of carbonyl (C=O) groups excluding carboxylic acids is 3. The zero-order valence-corrected chi connectivity index (χ0v) is 19.7. The molecule has 4 rings (SSSR count). The predicted octanol–water partition coefficient (Wildman–Crippen LogP) is 3.32. The van der Waals surface area contributed by atoms with Crippen molar-refractivity contribution in [1.29, 1.82) is 0 Å². The van der Waals surface area contributed by atoms with Gasteiger partial charge in [0.05, 0.1) is 35.7 Å². The van der Waals surface area contributed by atoms with E-state index >= 15 is 0 Å². The lowest BCUT2D eigenvalue weighted by Crippen LogP contribution is -2.28. The van der Waals surface area contributed by atoms with E-state index in [4.69, 9.17) is 14.2 Å². The molecule has 5 atom stereocenters. The molecule has 1 aromatic carbocycles. The first-order valence-corrected chi connectivity index (χ1v) is 11.5. The van der Waals surface area contributed by atoms with Gasteiger partial charge in [-0.1, -0.05) is 12.2 Å². The van der Waals surface area contributed by atoms with Crippen molar-refractivity contribution >= 4 is 39.9 Å². The minimum Gasteiger partial charge on any atom is -0.490 e. The fourth-order valence-electron chi connectivity index (χ4n) is 4.65. The number of hydrazone groups is 1. The number of carbonyl (C=O) groups is 3. The van der Waals surface area contributed by atoms with Gasteiger partial charge in [-0.15, -0.1) is 0 Å². The summed E-state index contributed by atoms with van der Waals surface area (Å²) >= 11 is 3.45. The van der Waals surface area contributed by atoms with Crippen LogP contribution in [0.25, 0.3) is 0 Å². The second-order valence-corrected chi connectivity index (χ2v) is 8.86. The second kappa shape index (κ2) is 9.05. The van der Waals surface area contributed by atoms with Crippen LogP contribution < -0.4 is 9.47 Å². The Morgan fingerprint density at radius 2 is 1.84 bits per heavy atom. The standard InChI is InChI=1S/C23H25BrN2O6/c1-4-30-17-9-13(8-16(24)20(17)32-12(3)23(29)31-5-2)11-25-26-21(27)18-14-6-7-15(10-14)19(18)22(26)28/h6-9,11-12,14-15,18-19H,4-5,10H2,1-3H3/t12-,14-,15-,18-,19+/m0/s1. The molecule has 0 radical (unpaired) electrons. The summed E-state index contributed by atoms with van der Waals surface area (Å²) in [5, 5.41) is 5.21. The van der Waals surface area contributed by atoms with Gasteiger partial charge in [-0.2, -0.15) is 10.1 Å². The number of halogens is 1. The maximum Gasteiger partial charge on any atom is 0.347 e. The fourth-order valence-corrected chi connectivity index (χ4v) is 5.20. The Labute approximate surface area is 194 Å². The lowest BCUT2D eigenvalue weighted by Gasteiger charge is -2.18. The first kappa shape index (κ1) is 22.5. The van der Waals surface area contributed by atoms with Gasteiger partial charge in [0, 0.05) is 0 Å². The minimum absolute atomic E-state index is 0.137. The van der Waals surface area contributed by atoms with Crippen molar-refractivity contribution < 1.29 is 28.6 Å². The number of allylic oxidation sites excluding steroid dienone is 2. The molecule has 32 heavy (non-hydrogen) atoms. The van der Waals surface area contributed by atoms with Crippen molar-refractivity contribution in [2.24, 2.45) is 28.8 Å². The van der Waals surface area contributed by atoms with E-state index in [1.807, 2.05) is 19.1 Å². The van der Waals surface area contributed by atoms with Crippen LogP contribution in [0.3, 0.4) is 0 Å². The summed E-state index contributed by atoms with van der Waals surface area (Å²) in [4.78, 5) is 37.5. The summed E-state index contributed by atoms with van der Waals surface area (Å²) in [5.74, 6) is -0.501. The number of amides is 2. The lowest BCUT2D eigenvalue weighted by molar-refractivity contribution is -0.150. The predicted molar refractivity (Wildman–Crippen MR) is 119 cm³/mol. The van der Waals surface area contributed by atoms with Crippen molar-refractivity contribution in [3.8, 4) is 11.5 Å². The summed E-state index contributed by atoms with van der Waals surface area (Å²) in [6.45, 7) is 5.79. The number of esters is 1. The van der Waals surface area contributed by atoms with Gasteiger partial charge < -0.3 is 14.2 Å². The molecule has 8 nitrogen and oxygen atoms in total. The maximum absolute atomic E-state index is 12.8. The van der Waals surface area contributed by atoms with Gasteiger partial charge in [-0.25, -0.2) is 4.79 Å². The molecule has 1 aromatic rings. The summed E-state index contributed by atoms with van der Waals surface area (Å²) in [6, 6.07) is 3.40. The Morgan fingerprint density at radius 1 is 1.19 bits per heavy atom.